The molecule has 28 heteroatoms. The first-order chi connectivity index (χ1) is 42.0. The van der Waals surface area contributed by atoms with Crippen LogP contribution in [-0.4, -0.2) is 78.7 Å². The Morgan fingerprint density at radius 2 is 0.841 bits per heavy atom. The average molecular weight is 1270 g/mol. The van der Waals surface area contributed by atoms with Crippen LogP contribution in [0, 0.1) is 69.8 Å². The number of carboxylic acid groups (broad SMARTS) is 2. The van der Waals surface area contributed by atoms with Crippen LogP contribution in [0.2, 0.25) is 10.0 Å². The number of halogens is 14. The monoisotopic (exact) mass is 1270 g/mol. The number of pyridine rings is 2. The number of imidazole rings is 2. The largest absolute Gasteiger partial charge is 0.478 e. The number of fused-ring (bicyclic) bond motifs is 2. The first-order valence-electron chi connectivity index (χ1n) is 25.6. The molecule has 4 aromatic heterocycles. The summed E-state index contributed by atoms with van der Waals surface area (Å²) in [5.41, 5.74) is -4.72. The number of hydrogen-bond donors (Lipinski definition) is 2. The molecule has 0 saturated carbocycles. The van der Waals surface area contributed by atoms with Crippen molar-refractivity contribution in [1.29, 1.82) is 0 Å². The fraction of sp³-hybridized carbons (Fsp3) is 0.167. The molecule has 456 valence electrons. The van der Waals surface area contributed by atoms with Gasteiger partial charge in [-0.2, -0.15) is 0 Å². The van der Waals surface area contributed by atoms with Crippen LogP contribution >= 0.6 is 23.2 Å². The maximum absolute atomic E-state index is 15.4. The Labute approximate surface area is 498 Å². The van der Waals surface area contributed by atoms with Gasteiger partial charge in [-0.05, 0) is 84.9 Å². The van der Waals surface area contributed by atoms with Crippen LogP contribution in [-0.2, 0) is 48.6 Å². The highest BCUT2D eigenvalue weighted by Crippen LogP contribution is 2.35. The molecule has 10 aromatic rings. The van der Waals surface area contributed by atoms with E-state index in [4.69, 9.17) is 42.1 Å². The molecule has 2 N–H and O–H groups in total. The number of carbonyl (C=O) groups is 2. The van der Waals surface area contributed by atoms with E-state index in [2.05, 4.69) is 19.9 Å². The van der Waals surface area contributed by atoms with Crippen LogP contribution in [0.15, 0.2) is 97.1 Å². The highest BCUT2D eigenvalue weighted by Gasteiger charge is 2.28. The summed E-state index contributed by atoms with van der Waals surface area (Å²) in [5.74, 6) is -18.4. The molecule has 0 spiro atoms. The lowest BCUT2D eigenvalue weighted by Crippen LogP contribution is -2.11. The summed E-state index contributed by atoms with van der Waals surface area (Å²) >= 11 is 11.4. The predicted molar refractivity (Wildman–Crippen MR) is 293 cm³/mol. The van der Waals surface area contributed by atoms with Gasteiger partial charge in [-0.1, -0.05) is 35.3 Å². The molecule has 4 heterocycles. The van der Waals surface area contributed by atoms with E-state index in [1.165, 1.54) is 47.6 Å². The lowest BCUT2D eigenvalue weighted by molar-refractivity contribution is 0.0686. The van der Waals surface area contributed by atoms with Crippen LogP contribution < -0.4 is 9.47 Å². The summed E-state index contributed by atoms with van der Waals surface area (Å²) in [6.07, 6.45) is -1.29. The Morgan fingerprint density at radius 3 is 1.19 bits per heavy atom. The molecular formula is C60H40Cl2F12N6O8. The molecule has 10 rings (SSSR count). The zero-order valence-corrected chi connectivity index (χ0v) is 46.7. The van der Waals surface area contributed by atoms with Crippen molar-refractivity contribution in [3.05, 3.63) is 222 Å². The van der Waals surface area contributed by atoms with Crippen molar-refractivity contribution in [2.75, 3.05) is 27.4 Å². The van der Waals surface area contributed by atoms with E-state index in [1.54, 1.807) is 0 Å². The SMILES string of the molecule is COCCn1c(Cc2c(F)cc(-c3ccc(F)c(OCc4ccc(Cl)cc4F)n3)c(F)c2F)nc2c(F)cc(C(=O)O)cc21.COCCn1c(Cc2c(F)cc(-c3ccc(F)c(OCc4ccc(Cl)cc4F)n3)c(F)c2F)nc2c(F)cc(C(=O)O)cc21. The number of benzene rings is 6. The van der Waals surface area contributed by atoms with Gasteiger partial charge in [0.15, 0.2) is 46.5 Å². The molecule has 0 bridgehead atoms. The Hall–Kier alpha value is -9.24. The third-order valence-electron chi connectivity index (χ3n) is 13.4. The van der Waals surface area contributed by atoms with Crippen molar-refractivity contribution in [1.82, 2.24) is 29.1 Å². The van der Waals surface area contributed by atoms with Gasteiger partial charge < -0.3 is 38.3 Å². The second-order valence-electron chi connectivity index (χ2n) is 19.0. The molecule has 0 amide bonds. The molecule has 0 unspecified atom stereocenters. The van der Waals surface area contributed by atoms with Crippen molar-refractivity contribution >= 4 is 57.2 Å². The van der Waals surface area contributed by atoms with Gasteiger partial charge in [-0.3, -0.25) is 0 Å². The third-order valence-corrected chi connectivity index (χ3v) is 13.9. The second-order valence-corrected chi connectivity index (χ2v) is 19.9. The third kappa shape index (κ3) is 13.5. The van der Waals surface area contributed by atoms with Gasteiger partial charge in [0.1, 0.15) is 59.2 Å². The molecular weight excluding hydrogens is 1230 g/mol. The number of hydrogen-bond acceptors (Lipinski definition) is 10. The molecule has 0 aliphatic rings. The first-order valence-corrected chi connectivity index (χ1v) is 26.3. The minimum Gasteiger partial charge on any atom is -0.478 e. The van der Waals surface area contributed by atoms with E-state index in [0.29, 0.717) is 12.1 Å². The maximum Gasteiger partial charge on any atom is 0.335 e. The first kappa shape index (κ1) is 63.3. The Kier molecular flexibility index (Phi) is 19.3. The number of nitrogens with zero attached hydrogens (tertiary/aromatic N) is 6. The van der Waals surface area contributed by atoms with Crippen LogP contribution in [0.3, 0.4) is 0 Å². The number of carboxylic acids is 2. The summed E-state index contributed by atoms with van der Waals surface area (Å²) in [6.45, 7) is -0.812. The summed E-state index contributed by atoms with van der Waals surface area (Å²) in [5, 5.41) is 18.9. The van der Waals surface area contributed by atoms with Gasteiger partial charge in [0.25, 0.3) is 11.8 Å². The smallest absolute Gasteiger partial charge is 0.335 e. The molecule has 0 radical (unpaired) electrons. The lowest BCUT2D eigenvalue weighted by atomic mass is 10.0. The lowest BCUT2D eigenvalue weighted by Gasteiger charge is -2.13. The standard InChI is InChI=1S/2C30H20ClF6N3O4/c2*1-43-7-6-40-24-9-15(30(41)42)8-22(35)28(24)39-25(40)12-17-21(34)11-18(27(37)26(17)36)23-5-4-19(32)29(38-23)44-13-14-2-3-16(31)10-20(14)33/h2*2-5,8-11H,6-7,12-13H2,1H3,(H,41,42). The van der Waals surface area contributed by atoms with Gasteiger partial charge in [0.05, 0.1) is 46.8 Å². The number of rotatable bonds is 20. The van der Waals surface area contributed by atoms with Crippen molar-refractivity contribution < 1.29 is 91.4 Å². The van der Waals surface area contributed by atoms with Gasteiger partial charge in [0.2, 0.25) is 0 Å². The van der Waals surface area contributed by atoms with E-state index in [1.807, 2.05) is 0 Å². The van der Waals surface area contributed by atoms with Gasteiger partial charge in [-0.15, -0.1) is 0 Å². The number of methoxy groups -OCH3 is 2. The highest BCUT2D eigenvalue weighted by atomic mass is 35.5. The van der Waals surface area contributed by atoms with E-state index in [9.17, 15) is 46.1 Å². The minimum atomic E-state index is -1.60. The average Bonchev–Trinajstić information content (AvgIpc) is 1.65. The topological polar surface area (TPSA) is 173 Å². The summed E-state index contributed by atoms with van der Waals surface area (Å²) in [7, 11) is 2.76. The van der Waals surface area contributed by atoms with Crippen LogP contribution in [0.25, 0.3) is 44.6 Å². The van der Waals surface area contributed by atoms with E-state index < -0.39 is 142 Å². The molecule has 88 heavy (non-hydrogen) atoms. The molecule has 6 aromatic carbocycles. The summed E-state index contributed by atoms with van der Waals surface area (Å²) in [6, 6.07) is 16.3. The van der Waals surface area contributed by atoms with E-state index in [-0.39, 0.29) is 104 Å². The molecule has 0 fully saturated rings. The molecule has 0 aliphatic carbocycles. The van der Waals surface area contributed by atoms with Gasteiger partial charge >= 0.3 is 11.9 Å². The quantitative estimate of drug-likeness (QED) is 0.0547. The molecule has 0 aliphatic heterocycles. The normalized spacial score (nSPS) is 11.4. The Balaban J connectivity index is 0.000000209. The van der Waals surface area contributed by atoms with Crippen LogP contribution in [0.1, 0.15) is 54.6 Å². The van der Waals surface area contributed by atoms with Gasteiger partial charge in [-0.25, -0.2) is 82.2 Å². The van der Waals surface area contributed by atoms with Crippen molar-refractivity contribution in [2.45, 2.75) is 39.1 Å². The Morgan fingerprint density at radius 1 is 0.455 bits per heavy atom. The fourth-order valence-corrected chi connectivity index (χ4v) is 9.36. The van der Waals surface area contributed by atoms with Crippen LogP contribution in [0.4, 0.5) is 52.7 Å². The fourth-order valence-electron chi connectivity index (χ4n) is 9.04. The summed E-state index contributed by atoms with van der Waals surface area (Å²) < 4.78 is 202. The van der Waals surface area contributed by atoms with Crippen molar-refractivity contribution in [3.8, 4) is 34.3 Å². The van der Waals surface area contributed by atoms with E-state index >= 15 is 26.3 Å². The zero-order valence-electron chi connectivity index (χ0n) is 45.2. The number of ether oxygens (including phenoxy) is 4. The second kappa shape index (κ2) is 26.8. The number of aromatic nitrogens is 6. The van der Waals surface area contributed by atoms with Crippen molar-refractivity contribution in [3.63, 3.8) is 0 Å². The highest BCUT2D eigenvalue weighted by molar-refractivity contribution is 6.30. The molecule has 14 nitrogen and oxygen atoms in total. The Bertz CT molecular complexity index is 4110. The number of aromatic carboxylic acids is 2. The molecule has 0 atom stereocenters. The predicted octanol–water partition coefficient (Wildman–Crippen LogP) is 14.2. The van der Waals surface area contributed by atoms with Crippen LogP contribution in [0.5, 0.6) is 11.8 Å². The van der Waals surface area contributed by atoms with Gasteiger partial charge in [0, 0.05) is 83.6 Å². The summed E-state index contributed by atoms with van der Waals surface area (Å²) in [4.78, 5) is 38.8. The maximum atomic E-state index is 15.4. The zero-order chi connectivity index (χ0) is 63.4. The van der Waals surface area contributed by atoms with E-state index in [0.717, 1.165) is 60.7 Å². The molecule has 0 saturated heterocycles. The van der Waals surface area contributed by atoms with Crippen molar-refractivity contribution in [2.24, 2.45) is 0 Å². The minimum absolute atomic E-state index is 0.0108.